The van der Waals surface area contributed by atoms with Gasteiger partial charge in [0.1, 0.15) is 0 Å². The zero-order chi connectivity index (χ0) is 14.8. The van der Waals surface area contributed by atoms with E-state index in [1.165, 1.54) is 0 Å². The number of aromatic nitrogens is 2. The average molecular weight is 281 g/mol. The molecule has 5 heteroatoms. The number of nitrogens with zero attached hydrogens (tertiary/aromatic N) is 2. The molecule has 0 aliphatic carbocycles. The van der Waals surface area contributed by atoms with Gasteiger partial charge in [0, 0.05) is 36.5 Å². The minimum absolute atomic E-state index is 0.0260. The molecule has 1 aliphatic rings. The fourth-order valence-corrected chi connectivity index (χ4v) is 2.33. The molecule has 0 saturated heterocycles. The molecule has 1 aromatic carbocycles. The lowest BCUT2D eigenvalue weighted by atomic mass is 9.98. The number of nitrogens with one attached hydrogen (secondary N) is 1. The highest BCUT2D eigenvalue weighted by Gasteiger charge is 2.15. The van der Waals surface area contributed by atoms with Crippen molar-refractivity contribution in [2.24, 2.45) is 7.05 Å². The number of amides is 1. The number of hydrogen-bond acceptors (Lipinski definition) is 3. The molecule has 0 atom stereocenters. The van der Waals surface area contributed by atoms with Crippen LogP contribution >= 0.6 is 0 Å². The van der Waals surface area contributed by atoms with Crippen molar-refractivity contribution in [3.63, 3.8) is 0 Å². The van der Waals surface area contributed by atoms with E-state index in [-0.39, 0.29) is 11.7 Å². The molecular weight excluding hydrogens is 266 g/mol. The van der Waals surface area contributed by atoms with Gasteiger partial charge in [0.25, 0.3) is 0 Å². The van der Waals surface area contributed by atoms with E-state index in [1.54, 1.807) is 35.2 Å². The monoisotopic (exact) mass is 281 g/mol. The van der Waals surface area contributed by atoms with Gasteiger partial charge in [-0.1, -0.05) is 0 Å². The van der Waals surface area contributed by atoms with Gasteiger partial charge in [-0.2, -0.15) is 5.10 Å². The number of allylic oxidation sites excluding steroid dienone is 1. The number of ketones is 1. The second-order valence-corrected chi connectivity index (χ2v) is 5.07. The van der Waals surface area contributed by atoms with Gasteiger partial charge in [-0.15, -0.1) is 0 Å². The van der Waals surface area contributed by atoms with E-state index < -0.39 is 0 Å². The van der Waals surface area contributed by atoms with Gasteiger partial charge < -0.3 is 5.32 Å². The van der Waals surface area contributed by atoms with Crippen molar-refractivity contribution >= 4 is 23.5 Å². The first-order valence-corrected chi connectivity index (χ1v) is 6.76. The zero-order valence-electron chi connectivity index (χ0n) is 11.7. The summed E-state index contributed by atoms with van der Waals surface area (Å²) in [5, 5.41) is 6.85. The molecule has 0 unspecified atom stereocenters. The predicted octanol–water partition coefficient (Wildman–Crippen LogP) is 2.20. The van der Waals surface area contributed by atoms with E-state index in [9.17, 15) is 9.59 Å². The molecule has 1 amide bonds. The van der Waals surface area contributed by atoms with Crippen molar-refractivity contribution in [2.45, 2.75) is 12.8 Å². The average Bonchev–Trinajstić information content (AvgIpc) is 2.90. The third-order valence-corrected chi connectivity index (χ3v) is 3.44. The van der Waals surface area contributed by atoms with Gasteiger partial charge in [-0.25, -0.2) is 0 Å². The summed E-state index contributed by atoms with van der Waals surface area (Å²) in [6, 6.07) is 5.38. The fourth-order valence-electron chi connectivity index (χ4n) is 2.33. The zero-order valence-corrected chi connectivity index (χ0v) is 11.7. The van der Waals surface area contributed by atoms with E-state index in [1.807, 2.05) is 19.3 Å². The topological polar surface area (TPSA) is 64.0 Å². The smallest absolute Gasteiger partial charge is 0.224 e. The molecule has 0 spiro atoms. The maximum absolute atomic E-state index is 12.2. The standard InChI is InChI=1S/C16H15N3O2/c1-19-10-11(9-17-19)2-6-15(20)13-3-5-14-12(8-13)4-7-16(21)18-14/h2-3,5-6,8-10H,4,7H2,1H3,(H,18,21)/b6-2+. The molecule has 0 fully saturated rings. The number of carbonyl (C=O) groups excluding carboxylic acids is 2. The van der Waals surface area contributed by atoms with Crippen LogP contribution in [0.2, 0.25) is 0 Å². The highest BCUT2D eigenvalue weighted by Crippen LogP contribution is 2.23. The normalized spacial score (nSPS) is 14.0. The van der Waals surface area contributed by atoms with Gasteiger partial charge in [0.15, 0.2) is 5.78 Å². The van der Waals surface area contributed by atoms with Gasteiger partial charge in [0.2, 0.25) is 5.91 Å². The fraction of sp³-hybridized carbons (Fsp3) is 0.188. The van der Waals surface area contributed by atoms with Crippen LogP contribution in [-0.2, 0) is 18.3 Å². The third kappa shape index (κ3) is 2.91. The minimum atomic E-state index is -0.0569. The number of rotatable bonds is 3. The van der Waals surface area contributed by atoms with Crippen LogP contribution in [0.1, 0.15) is 27.9 Å². The quantitative estimate of drug-likeness (QED) is 0.693. The first kappa shape index (κ1) is 13.3. The maximum Gasteiger partial charge on any atom is 0.224 e. The Labute approximate surface area is 122 Å². The van der Waals surface area contributed by atoms with Crippen LogP contribution in [0, 0.1) is 0 Å². The predicted molar refractivity (Wildman–Crippen MR) is 80.0 cm³/mol. The summed E-state index contributed by atoms with van der Waals surface area (Å²) in [6.07, 6.45) is 7.97. The lowest BCUT2D eigenvalue weighted by Crippen LogP contribution is -2.19. The number of hydrogen-bond donors (Lipinski definition) is 1. The van der Waals surface area contributed by atoms with Crippen molar-refractivity contribution in [1.82, 2.24) is 9.78 Å². The van der Waals surface area contributed by atoms with Crippen molar-refractivity contribution < 1.29 is 9.59 Å². The second kappa shape index (κ2) is 5.36. The Bertz CT molecular complexity index is 744. The number of benzene rings is 1. The largest absolute Gasteiger partial charge is 0.326 e. The van der Waals surface area contributed by atoms with Crippen LogP contribution in [0.3, 0.4) is 0 Å². The van der Waals surface area contributed by atoms with E-state index in [0.29, 0.717) is 18.4 Å². The SMILES string of the molecule is Cn1cc(/C=C/C(=O)c2ccc3c(c2)CCC(=O)N3)cn1. The molecule has 1 aromatic heterocycles. The van der Waals surface area contributed by atoms with Crippen LogP contribution < -0.4 is 5.32 Å². The Morgan fingerprint density at radius 1 is 1.38 bits per heavy atom. The van der Waals surface area contributed by atoms with Crippen molar-refractivity contribution in [2.75, 3.05) is 5.32 Å². The second-order valence-electron chi connectivity index (χ2n) is 5.07. The van der Waals surface area contributed by atoms with Crippen LogP contribution in [0.15, 0.2) is 36.7 Å². The summed E-state index contributed by atoms with van der Waals surface area (Å²) in [7, 11) is 1.83. The van der Waals surface area contributed by atoms with Crippen LogP contribution in [0.25, 0.3) is 6.08 Å². The summed E-state index contributed by atoms with van der Waals surface area (Å²) in [6.45, 7) is 0. The van der Waals surface area contributed by atoms with Gasteiger partial charge in [-0.05, 0) is 42.3 Å². The lowest BCUT2D eigenvalue weighted by molar-refractivity contribution is -0.116. The van der Waals surface area contributed by atoms with Gasteiger partial charge >= 0.3 is 0 Å². The van der Waals surface area contributed by atoms with Crippen molar-refractivity contribution in [1.29, 1.82) is 0 Å². The Hall–Kier alpha value is -2.69. The molecule has 1 N–H and O–H groups in total. The number of aryl methyl sites for hydroxylation is 2. The van der Waals surface area contributed by atoms with Crippen molar-refractivity contribution in [3.8, 4) is 0 Å². The highest BCUT2D eigenvalue weighted by atomic mass is 16.1. The minimum Gasteiger partial charge on any atom is -0.326 e. The Morgan fingerprint density at radius 2 is 2.24 bits per heavy atom. The molecule has 2 aromatic rings. The Morgan fingerprint density at radius 3 is 3.00 bits per heavy atom. The lowest BCUT2D eigenvalue weighted by Gasteiger charge is -2.16. The van der Waals surface area contributed by atoms with E-state index in [0.717, 1.165) is 16.8 Å². The van der Waals surface area contributed by atoms with Crippen LogP contribution in [0.4, 0.5) is 5.69 Å². The Kier molecular flexibility index (Phi) is 3.39. The molecule has 21 heavy (non-hydrogen) atoms. The van der Waals surface area contributed by atoms with Crippen LogP contribution in [-0.4, -0.2) is 21.5 Å². The summed E-state index contributed by atoms with van der Waals surface area (Å²) in [5.41, 5.74) is 3.33. The van der Waals surface area contributed by atoms with E-state index >= 15 is 0 Å². The first-order valence-electron chi connectivity index (χ1n) is 6.76. The van der Waals surface area contributed by atoms with Crippen molar-refractivity contribution in [3.05, 3.63) is 53.4 Å². The summed E-state index contributed by atoms with van der Waals surface area (Å²) in [5.74, 6) is -0.0309. The number of fused-ring (bicyclic) bond motifs is 1. The van der Waals surface area contributed by atoms with Crippen LogP contribution in [0.5, 0.6) is 0 Å². The summed E-state index contributed by atoms with van der Waals surface area (Å²) < 4.78 is 1.69. The molecule has 3 rings (SSSR count). The third-order valence-electron chi connectivity index (χ3n) is 3.44. The summed E-state index contributed by atoms with van der Waals surface area (Å²) >= 11 is 0. The molecule has 0 radical (unpaired) electrons. The molecular formula is C16H15N3O2. The molecule has 0 saturated carbocycles. The van der Waals surface area contributed by atoms with Gasteiger partial charge in [0.05, 0.1) is 6.20 Å². The Balaban J connectivity index is 1.79. The summed E-state index contributed by atoms with van der Waals surface area (Å²) in [4.78, 5) is 23.5. The molecule has 5 nitrogen and oxygen atoms in total. The molecule has 106 valence electrons. The molecule has 1 aliphatic heterocycles. The molecule has 0 bridgehead atoms. The van der Waals surface area contributed by atoms with Gasteiger partial charge in [-0.3, -0.25) is 14.3 Å². The maximum atomic E-state index is 12.2. The van der Waals surface area contributed by atoms with E-state index in [2.05, 4.69) is 10.4 Å². The number of carbonyl (C=O) groups is 2. The number of anilines is 1. The highest BCUT2D eigenvalue weighted by molar-refractivity contribution is 6.07. The molecule has 2 heterocycles. The van der Waals surface area contributed by atoms with E-state index in [4.69, 9.17) is 0 Å². The first-order chi connectivity index (χ1) is 10.1.